The van der Waals surface area contributed by atoms with Gasteiger partial charge in [0.2, 0.25) is 0 Å². The molecule has 1 amide bonds. The normalized spacial score (nSPS) is 16.0. The summed E-state index contributed by atoms with van der Waals surface area (Å²) in [6, 6.07) is 11.8. The van der Waals surface area contributed by atoms with Crippen LogP contribution < -0.4 is 5.01 Å². The molecule has 1 aliphatic rings. The van der Waals surface area contributed by atoms with Gasteiger partial charge in [0.05, 0.1) is 28.1 Å². The molecule has 0 saturated heterocycles. The summed E-state index contributed by atoms with van der Waals surface area (Å²) in [4.78, 5) is 13.4. The number of carbonyl (C=O) groups excluding carboxylic acids is 1. The van der Waals surface area contributed by atoms with Crippen LogP contribution in [0.2, 0.25) is 0 Å². The Morgan fingerprint density at radius 1 is 0.920 bits per heavy atom. The van der Waals surface area contributed by atoms with Crippen molar-refractivity contribution in [3.8, 4) is 11.1 Å². The van der Waals surface area contributed by atoms with Gasteiger partial charge in [0.25, 0.3) is 5.60 Å². The first-order chi connectivity index (χ1) is 22.9. The number of hydrogen-bond acceptors (Lipinski definition) is 7. The van der Waals surface area contributed by atoms with Crippen molar-refractivity contribution in [2.75, 3.05) is 24.4 Å². The van der Waals surface area contributed by atoms with E-state index in [9.17, 15) is 53.4 Å². The Morgan fingerprint density at radius 2 is 1.46 bits per heavy atom. The first kappa shape index (κ1) is 38.6. The molecule has 1 atom stereocenters. The number of hydrogen-bond donors (Lipinski definition) is 1. The Labute approximate surface area is 282 Å². The minimum absolute atomic E-state index is 0.00667. The molecule has 3 aromatic rings. The monoisotopic (exact) mass is 735 g/mol. The van der Waals surface area contributed by atoms with Gasteiger partial charge in [0.1, 0.15) is 11.4 Å². The molecule has 1 heterocycles. The third-order valence-corrected chi connectivity index (χ3v) is 9.58. The van der Waals surface area contributed by atoms with Gasteiger partial charge < -0.3 is 14.7 Å². The zero-order valence-electron chi connectivity index (χ0n) is 27.1. The molecule has 272 valence electrons. The number of carbonyl (C=O) groups is 1. The Hall–Kier alpha value is -4.25. The molecule has 4 rings (SSSR count). The summed E-state index contributed by atoms with van der Waals surface area (Å²) in [5, 5.41) is 13.9. The van der Waals surface area contributed by atoms with E-state index >= 15 is 0 Å². The van der Waals surface area contributed by atoms with Crippen LogP contribution in [0.5, 0.6) is 0 Å². The maximum atomic E-state index is 14.8. The van der Waals surface area contributed by atoms with Crippen LogP contribution in [0.25, 0.3) is 11.1 Å². The van der Waals surface area contributed by atoms with Crippen molar-refractivity contribution >= 4 is 27.3 Å². The van der Waals surface area contributed by atoms with Crippen LogP contribution in [0.15, 0.2) is 76.7 Å². The van der Waals surface area contributed by atoms with Gasteiger partial charge in [-0.2, -0.15) is 31.4 Å². The van der Waals surface area contributed by atoms with Crippen molar-refractivity contribution in [2.45, 2.75) is 68.1 Å². The van der Waals surface area contributed by atoms with Crippen LogP contribution in [-0.2, 0) is 14.6 Å². The van der Waals surface area contributed by atoms with Gasteiger partial charge >= 0.3 is 18.4 Å². The molecule has 0 aromatic heterocycles. The lowest BCUT2D eigenvalue weighted by molar-refractivity contribution is -0.338. The Kier molecular flexibility index (Phi) is 10.6. The minimum Gasteiger partial charge on any atom is -0.444 e. The van der Waals surface area contributed by atoms with Gasteiger partial charge in [-0.05, 0) is 68.1 Å². The van der Waals surface area contributed by atoms with Crippen molar-refractivity contribution < 1.29 is 58.2 Å². The average molecular weight is 736 g/mol. The number of nitrogens with zero attached hydrogens (tertiary/aromatic N) is 3. The van der Waals surface area contributed by atoms with Gasteiger partial charge in [-0.3, -0.25) is 5.01 Å². The number of sulfone groups is 1. The van der Waals surface area contributed by atoms with Crippen LogP contribution in [-0.4, -0.2) is 73.1 Å². The number of hydrazone groups is 1. The second-order valence-corrected chi connectivity index (χ2v) is 14.7. The summed E-state index contributed by atoms with van der Waals surface area (Å²) in [5.41, 5.74) is -7.35. The standard InChI is InChI=1S/C33H33F8N3O5S/c1-30(2,3)49-29(45)43(4)16-5-17-50(47,48)24-13-10-21(11-14-24)20-6-8-22(9-7-20)27-19-28(31(46,32(36,37)38)33(39,40)41)42-44(27)26-15-12-23(34)18-25(26)35/h6-15,18,27,46H,5,16-17,19H2,1-4H3. The van der Waals surface area contributed by atoms with E-state index in [4.69, 9.17) is 4.74 Å². The maximum absolute atomic E-state index is 14.8. The van der Waals surface area contributed by atoms with Crippen LogP contribution in [0, 0.1) is 11.6 Å². The SMILES string of the molecule is CN(CCCS(=O)(=O)c1ccc(-c2ccc(C3CC(C(O)(C(F)(F)F)C(F)(F)F)=NN3c3ccc(F)cc3F)cc2)cc1)C(=O)OC(C)(C)C. The summed E-state index contributed by atoms with van der Waals surface area (Å²) in [5.74, 6) is -2.63. The number of rotatable bonds is 9. The molecule has 0 radical (unpaired) electrons. The van der Waals surface area contributed by atoms with Gasteiger partial charge in [-0.1, -0.05) is 36.4 Å². The fourth-order valence-corrected chi connectivity index (χ4v) is 6.45. The van der Waals surface area contributed by atoms with E-state index in [2.05, 4.69) is 5.10 Å². The second-order valence-electron chi connectivity index (χ2n) is 12.6. The summed E-state index contributed by atoms with van der Waals surface area (Å²) >= 11 is 0. The molecule has 0 aliphatic carbocycles. The first-order valence-electron chi connectivity index (χ1n) is 15.0. The van der Waals surface area contributed by atoms with E-state index in [1.165, 1.54) is 60.5 Å². The first-order valence-corrected chi connectivity index (χ1v) is 16.6. The highest BCUT2D eigenvalue weighted by Gasteiger charge is 2.74. The molecule has 0 saturated carbocycles. The highest BCUT2D eigenvalue weighted by atomic mass is 32.2. The molecule has 3 aromatic carbocycles. The van der Waals surface area contributed by atoms with Crippen LogP contribution >= 0.6 is 0 Å². The maximum Gasteiger partial charge on any atom is 0.431 e. The van der Waals surface area contributed by atoms with Crippen molar-refractivity contribution in [1.29, 1.82) is 0 Å². The topological polar surface area (TPSA) is 99.5 Å². The number of benzene rings is 3. The number of aliphatic hydroxyl groups is 1. The number of alkyl halides is 6. The van der Waals surface area contributed by atoms with Gasteiger partial charge in [-0.25, -0.2) is 22.0 Å². The van der Waals surface area contributed by atoms with E-state index in [1.807, 2.05) is 0 Å². The average Bonchev–Trinajstić information content (AvgIpc) is 3.44. The van der Waals surface area contributed by atoms with Gasteiger partial charge in [0.15, 0.2) is 15.7 Å². The van der Waals surface area contributed by atoms with E-state index in [0.717, 1.165) is 12.1 Å². The molecule has 0 fully saturated rings. The van der Waals surface area contributed by atoms with Crippen molar-refractivity contribution in [3.05, 3.63) is 83.9 Å². The molecule has 8 nitrogen and oxygen atoms in total. The molecule has 17 heteroatoms. The Balaban J connectivity index is 1.55. The molecule has 50 heavy (non-hydrogen) atoms. The zero-order chi connectivity index (χ0) is 37.4. The quantitative estimate of drug-likeness (QED) is 0.225. The van der Waals surface area contributed by atoms with E-state index in [-0.39, 0.29) is 29.2 Å². The van der Waals surface area contributed by atoms with Crippen LogP contribution in [0.1, 0.15) is 45.2 Å². The van der Waals surface area contributed by atoms with Crippen molar-refractivity contribution in [1.82, 2.24) is 4.90 Å². The smallest absolute Gasteiger partial charge is 0.431 e. The summed E-state index contributed by atoms with van der Waals surface area (Å²) in [6.45, 7) is 5.24. The number of halogens is 8. The molecular formula is C33H33F8N3O5S. The van der Waals surface area contributed by atoms with E-state index in [0.29, 0.717) is 22.2 Å². The predicted molar refractivity (Wildman–Crippen MR) is 168 cm³/mol. The lowest BCUT2D eigenvalue weighted by Gasteiger charge is -2.32. The van der Waals surface area contributed by atoms with E-state index < -0.39 is 75.0 Å². The fraction of sp³-hybridized carbons (Fsp3) is 0.394. The minimum atomic E-state index is -6.23. The molecule has 1 aliphatic heterocycles. The van der Waals surface area contributed by atoms with Crippen LogP contribution in [0.4, 0.5) is 45.6 Å². The number of anilines is 1. The Morgan fingerprint density at radius 3 is 1.96 bits per heavy atom. The lowest BCUT2D eigenvalue weighted by atomic mass is 9.89. The molecule has 1 unspecified atom stereocenters. The van der Waals surface area contributed by atoms with E-state index in [1.54, 1.807) is 20.8 Å². The van der Waals surface area contributed by atoms with Gasteiger partial charge in [0, 0.05) is 26.1 Å². The van der Waals surface area contributed by atoms with Crippen molar-refractivity contribution in [3.63, 3.8) is 0 Å². The Bertz CT molecular complexity index is 1830. The molecule has 0 spiro atoms. The van der Waals surface area contributed by atoms with Crippen LogP contribution in [0.3, 0.4) is 0 Å². The molecule has 0 bridgehead atoms. The summed E-state index contributed by atoms with van der Waals surface area (Å²) < 4.78 is 142. The highest BCUT2D eigenvalue weighted by Crippen LogP contribution is 2.49. The number of amides is 1. The lowest BCUT2D eigenvalue weighted by Crippen LogP contribution is -2.62. The molecular weight excluding hydrogens is 702 g/mol. The number of ether oxygens (including phenoxy) is 1. The van der Waals surface area contributed by atoms with Gasteiger partial charge in [-0.15, -0.1) is 0 Å². The van der Waals surface area contributed by atoms with Crippen molar-refractivity contribution in [2.24, 2.45) is 5.10 Å². The third-order valence-electron chi connectivity index (χ3n) is 7.76. The predicted octanol–water partition coefficient (Wildman–Crippen LogP) is 7.83. The highest BCUT2D eigenvalue weighted by molar-refractivity contribution is 7.91. The molecule has 1 N–H and O–H groups in total. The largest absolute Gasteiger partial charge is 0.444 e. The fourth-order valence-electron chi connectivity index (χ4n) is 5.16. The second kappa shape index (κ2) is 13.8. The summed E-state index contributed by atoms with van der Waals surface area (Å²) in [6.07, 6.45) is -14.0. The summed E-state index contributed by atoms with van der Waals surface area (Å²) in [7, 11) is -2.25. The third kappa shape index (κ3) is 8.20. The zero-order valence-corrected chi connectivity index (χ0v) is 27.9.